The number of piperidine rings is 1. The molecular weight excluding hydrogens is 574 g/mol. The first-order valence-electron chi connectivity index (χ1n) is 15.8. The molecule has 1 saturated heterocycles. The minimum absolute atomic E-state index is 0.0235. The van der Waals surface area contributed by atoms with Gasteiger partial charge in [-0.15, -0.1) is 0 Å². The van der Waals surface area contributed by atoms with Crippen LogP contribution in [0.2, 0.25) is 0 Å². The van der Waals surface area contributed by atoms with Crippen molar-refractivity contribution in [3.8, 4) is 6.07 Å². The second-order valence-electron chi connectivity index (χ2n) is 11.7. The van der Waals surface area contributed by atoms with Gasteiger partial charge in [0, 0.05) is 25.6 Å². The largest absolute Gasteiger partial charge is 0.466 e. The Bertz CT molecular complexity index is 1360. The van der Waals surface area contributed by atoms with E-state index in [1.165, 1.54) is 6.42 Å². The maximum absolute atomic E-state index is 13.2. The molecule has 11 nitrogen and oxygen atoms in total. The van der Waals surface area contributed by atoms with Crippen LogP contribution in [0.1, 0.15) is 75.8 Å². The van der Waals surface area contributed by atoms with Gasteiger partial charge in [0.1, 0.15) is 6.61 Å². The molecule has 0 spiro atoms. The van der Waals surface area contributed by atoms with E-state index in [0.717, 1.165) is 31.2 Å². The molecule has 0 atom stereocenters. The quantitative estimate of drug-likeness (QED) is 0.278. The monoisotopic (exact) mass is 617 g/mol. The first-order valence-corrected chi connectivity index (χ1v) is 15.8. The van der Waals surface area contributed by atoms with E-state index in [-0.39, 0.29) is 56.4 Å². The van der Waals surface area contributed by atoms with E-state index in [0.29, 0.717) is 42.9 Å². The van der Waals surface area contributed by atoms with Crippen molar-refractivity contribution < 1.29 is 28.7 Å². The van der Waals surface area contributed by atoms with Gasteiger partial charge in [0.15, 0.2) is 0 Å². The molecular formula is C34H43N5O6. The third-order valence-corrected chi connectivity index (χ3v) is 8.56. The van der Waals surface area contributed by atoms with Crippen LogP contribution in [0.3, 0.4) is 0 Å². The summed E-state index contributed by atoms with van der Waals surface area (Å²) in [7, 11) is 0. The molecule has 3 N–H and O–H groups in total. The van der Waals surface area contributed by atoms with E-state index in [9.17, 15) is 24.4 Å². The molecule has 0 radical (unpaired) electrons. The topological polar surface area (TPSA) is 150 Å². The minimum Gasteiger partial charge on any atom is -0.466 e. The number of rotatable bonds is 12. The zero-order valence-electron chi connectivity index (χ0n) is 25.9. The summed E-state index contributed by atoms with van der Waals surface area (Å²) in [5.74, 6) is -0.851. The molecule has 2 aromatic carbocycles. The van der Waals surface area contributed by atoms with E-state index in [1.807, 2.05) is 30.3 Å². The summed E-state index contributed by atoms with van der Waals surface area (Å²) < 4.78 is 10.9. The maximum Gasteiger partial charge on any atom is 0.410 e. The highest BCUT2D eigenvalue weighted by atomic mass is 16.6. The van der Waals surface area contributed by atoms with E-state index in [2.05, 4.69) is 22.0 Å². The van der Waals surface area contributed by atoms with Gasteiger partial charge in [-0.05, 0) is 62.8 Å². The van der Waals surface area contributed by atoms with Gasteiger partial charge in [-0.2, -0.15) is 5.26 Å². The number of hydrogen-bond acceptors (Lipinski definition) is 8. The Hall–Kier alpha value is -4.59. The Balaban J connectivity index is 1.33. The van der Waals surface area contributed by atoms with Crippen molar-refractivity contribution in [3.05, 3.63) is 59.7 Å². The Morgan fingerprint density at radius 3 is 2.38 bits per heavy atom. The van der Waals surface area contributed by atoms with E-state index >= 15 is 0 Å². The third-order valence-electron chi connectivity index (χ3n) is 8.56. The predicted molar refractivity (Wildman–Crippen MR) is 169 cm³/mol. The molecule has 0 unspecified atom stereocenters. The predicted octanol–water partition coefficient (Wildman–Crippen LogP) is 5.12. The molecule has 1 heterocycles. The van der Waals surface area contributed by atoms with Gasteiger partial charge < -0.3 is 30.3 Å². The number of nitrogens with zero attached hydrogens (tertiary/aromatic N) is 2. The molecule has 0 aromatic heterocycles. The smallest absolute Gasteiger partial charge is 0.410 e. The van der Waals surface area contributed by atoms with Crippen molar-refractivity contribution in [2.24, 2.45) is 5.41 Å². The molecule has 1 aliphatic carbocycles. The number of benzene rings is 2. The number of anilines is 2. The summed E-state index contributed by atoms with van der Waals surface area (Å²) in [6.07, 6.45) is 5.87. The Kier molecular flexibility index (Phi) is 12.2. The lowest BCUT2D eigenvalue weighted by atomic mass is 9.74. The van der Waals surface area contributed by atoms with Crippen molar-refractivity contribution in [1.82, 2.24) is 10.2 Å². The zero-order valence-corrected chi connectivity index (χ0v) is 25.9. The molecule has 3 amide bonds. The van der Waals surface area contributed by atoms with Crippen molar-refractivity contribution in [1.29, 1.82) is 5.26 Å². The van der Waals surface area contributed by atoms with Gasteiger partial charge in [0.2, 0.25) is 11.8 Å². The number of ether oxygens (including phenoxy) is 2. The lowest BCUT2D eigenvalue weighted by Crippen LogP contribution is -2.47. The summed E-state index contributed by atoms with van der Waals surface area (Å²) in [5, 5.41) is 18.4. The molecule has 11 heteroatoms. The summed E-state index contributed by atoms with van der Waals surface area (Å²) in [6.45, 7) is 2.74. The number of hydrogen-bond donors (Lipinski definition) is 3. The third kappa shape index (κ3) is 9.70. The molecule has 2 fully saturated rings. The van der Waals surface area contributed by atoms with Gasteiger partial charge >= 0.3 is 12.1 Å². The van der Waals surface area contributed by atoms with Gasteiger partial charge in [0.05, 0.1) is 41.6 Å². The average molecular weight is 618 g/mol. The number of amides is 3. The molecule has 240 valence electrons. The first-order chi connectivity index (χ1) is 21.8. The summed E-state index contributed by atoms with van der Waals surface area (Å²) in [4.78, 5) is 53.1. The van der Waals surface area contributed by atoms with Crippen LogP contribution in [-0.2, 0) is 30.5 Å². The van der Waals surface area contributed by atoms with Crippen LogP contribution in [0.25, 0.3) is 0 Å². The van der Waals surface area contributed by atoms with Crippen LogP contribution >= 0.6 is 0 Å². The van der Waals surface area contributed by atoms with E-state index in [1.54, 1.807) is 30.0 Å². The van der Waals surface area contributed by atoms with Gasteiger partial charge in [-0.3, -0.25) is 14.4 Å². The highest BCUT2D eigenvalue weighted by Gasteiger charge is 2.44. The van der Waals surface area contributed by atoms with Crippen LogP contribution in [0, 0.1) is 16.7 Å². The van der Waals surface area contributed by atoms with Crippen LogP contribution in [0.4, 0.5) is 16.2 Å². The SMILES string of the molecule is CCOC(=O)C1(CCC(=O)Nc2cc(C#N)ccc2NCC(=O)NC2CCCCC2)CCN(C(=O)OCc2ccccc2)CC1. The fourth-order valence-electron chi connectivity index (χ4n) is 5.91. The van der Waals surface area contributed by atoms with Gasteiger partial charge in [0.25, 0.3) is 0 Å². The van der Waals surface area contributed by atoms with Gasteiger partial charge in [-0.1, -0.05) is 49.6 Å². The summed E-state index contributed by atoms with van der Waals surface area (Å²) >= 11 is 0. The lowest BCUT2D eigenvalue weighted by Gasteiger charge is -2.39. The Morgan fingerprint density at radius 2 is 1.69 bits per heavy atom. The van der Waals surface area contributed by atoms with E-state index < -0.39 is 11.5 Å². The molecule has 0 bridgehead atoms. The second kappa shape index (κ2) is 16.5. The number of carbonyl (C=O) groups is 4. The molecule has 2 aliphatic rings. The number of nitrogens with one attached hydrogen (secondary N) is 3. The van der Waals surface area contributed by atoms with E-state index in [4.69, 9.17) is 9.47 Å². The van der Waals surface area contributed by atoms with Crippen molar-refractivity contribution in [2.45, 2.75) is 77.4 Å². The number of esters is 1. The fraction of sp³-hybridized carbons (Fsp3) is 0.500. The Morgan fingerprint density at radius 1 is 0.956 bits per heavy atom. The second-order valence-corrected chi connectivity index (χ2v) is 11.7. The van der Waals surface area contributed by atoms with Gasteiger partial charge in [-0.25, -0.2) is 4.79 Å². The van der Waals surface area contributed by atoms with Crippen molar-refractivity contribution >= 4 is 35.3 Å². The number of likely N-dealkylation sites (tertiary alicyclic amines) is 1. The zero-order chi connectivity index (χ0) is 32.1. The maximum atomic E-state index is 13.2. The van der Waals surface area contributed by atoms with Crippen LogP contribution in [0.5, 0.6) is 0 Å². The number of nitriles is 1. The first kappa shape index (κ1) is 33.3. The highest BCUT2D eigenvalue weighted by Crippen LogP contribution is 2.38. The van der Waals surface area contributed by atoms with Crippen LogP contribution < -0.4 is 16.0 Å². The highest BCUT2D eigenvalue weighted by molar-refractivity contribution is 5.95. The molecule has 2 aromatic rings. The fourth-order valence-corrected chi connectivity index (χ4v) is 5.91. The standard InChI is InChI=1S/C34H43N5O6/c1-2-44-32(42)34(17-19-39(20-18-34)33(43)45-24-25-9-5-3-6-10-25)16-15-30(40)38-29-21-26(22-35)13-14-28(29)36-23-31(41)37-27-11-7-4-8-12-27/h3,5-6,9-10,13-14,21,27,36H,2,4,7-8,11-12,15-20,23-24H2,1H3,(H,37,41)(H,38,40). The number of carbonyl (C=O) groups excluding carboxylic acids is 4. The lowest BCUT2D eigenvalue weighted by molar-refractivity contribution is -0.159. The van der Waals surface area contributed by atoms with Crippen molar-refractivity contribution in [2.75, 3.05) is 36.9 Å². The normalized spacial score (nSPS) is 16.1. The molecule has 1 aliphatic heterocycles. The van der Waals surface area contributed by atoms with Crippen LogP contribution in [0.15, 0.2) is 48.5 Å². The average Bonchev–Trinajstić information content (AvgIpc) is 3.07. The summed E-state index contributed by atoms with van der Waals surface area (Å²) in [5.41, 5.74) is 1.22. The summed E-state index contributed by atoms with van der Waals surface area (Å²) in [6, 6.07) is 16.5. The van der Waals surface area contributed by atoms with Crippen LogP contribution in [-0.4, -0.2) is 61.1 Å². The Labute approximate surface area is 264 Å². The molecule has 4 rings (SSSR count). The van der Waals surface area contributed by atoms with Crippen molar-refractivity contribution in [3.63, 3.8) is 0 Å². The minimum atomic E-state index is -0.920. The molecule has 45 heavy (non-hydrogen) atoms. The molecule has 1 saturated carbocycles.